The zero-order chi connectivity index (χ0) is 16.0. The van der Waals surface area contributed by atoms with Crippen molar-refractivity contribution in [2.45, 2.75) is 70.9 Å². The van der Waals surface area contributed by atoms with E-state index in [0.29, 0.717) is 6.42 Å². The summed E-state index contributed by atoms with van der Waals surface area (Å²) in [6.45, 7) is 3.92. The predicted molar refractivity (Wildman–Crippen MR) is 76.1 cm³/mol. The molecule has 2 saturated heterocycles. The monoisotopic (exact) mass is 294 g/mol. The Morgan fingerprint density at radius 1 is 0.950 bits per heavy atom. The molecule has 0 bridgehead atoms. The Morgan fingerprint density at radius 3 is 1.80 bits per heavy atom. The number of aliphatic hydroxyl groups is 3. The highest BCUT2D eigenvalue weighted by atomic mass is 16.6. The van der Waals surface area contributed by atoms with Gasteiger partial charge in [-0.05, 0) is 46.0 Å². The van der Waals surface area contributed by atoms with Gasteiger partial charge in [0, 0.05) is 20.6 Å². The van der Waals surface area contributed by atoms with Crippen molar-refractivity contribution in [2.24, 2.45) is 0 Å². The molecule has 0 aromatic carbocycles. The Hall–Kier alpha value is -0.690. The summed E-state index contributed by atoms with van der Waals surface area (Å²) in [5, 5.41) is 22.9. The second kappa shape index (κ2) is 14.7. The van der Waals surface area contributed by atoms with Gasteiger partial charge in [0.2, 0.25) is 0 Å². The van der Waals surface area contributed by atoms with E-state index in [4.69, 9.17) is 24.8 Å². The molecule has 3 N–H and O–H groups in total. The summed E-state index contributed by atoms with van der Waals surface area (Å²) in [7, 11) is 2.00. The summed E-state index contributed by atoms with van der Waals surface area (Å²) in [5.41, 5.74) is 0. The van der Waals surface area contributed by atoms with Crippen LogP contribution in [0.3, 0.4) is 0 Å². The van der Waals surface area contributed by atoms with Crippen LogP contribution in [0.25, 0.3) is 0 Å². The molecule has 2 rings (SSSR count). The number of carbonyl (C=O) groups excluding carboxylic acids is 1. The fraction of sp³-hybridized carbons (Fsp3) is 0.929. The van der Waals surface area contributed by atoms with Crippen LogP contribution >= 0.6 is 0 Å². The zero-order valence-electron chi connectivity index (χ0n) is 13.0. The minimum absolute atomic E-state index is 0.0382. The minimum Gasteiger partial charge on any atom is -0.463 e. The molecule has 2 aliphatic heterocycles. The van der Waals surface area contributed by atoms with Gasteiger partial charge in [0.1, 0.15) is 0 Å². The second-order valence-corrected chi connectivity index (χ2v) is 4.52. The van der Waals surface area contributed by atoms with E-state index >= 15 is 0 Å². The van der Waals surface area contributed by atoms with Crippen molar-refractivity contribution in [3.05, 3.63) is 0 Å². The Labute approximate surface area is 121 Å². The van der Waals surface area contributed by atoms with Gasteiger partial charge in [0.05, 0.1) is 12.2 Å². The van der Waals surface area contributed by atoms with E-state index in [1.807, 2.05) is 13.8 Å². The Kier molecular flexibility index (Phi) is 15.9. The molecule has 2 heterocycles. The highest BCUT2D eigenvalue weighted by Crippen LogP contribution is 2.15. The van der Waals surface area contributed by atoms with E-state index in [-0.39, 0.29) is 18.2 Å². The highest BCUT2D eigenvalue weighted by molar-refractivity contribution is 5.70. The molecule has 3 atom stereocenters. The first-order valence-electron chi connectivity index (χ1n) is 7.00. The number of esters is 1. The molecule has 0 spiro atoms. The molecule has 0 aromatic heterocycles. The molecular formula is C14H30O6. The maximum Gasteiger partial charge on any atom is 0.306 e. The van der Waals surface area contributed by atoms with E-state index in [2.05, 4.69) is 0 Å². The van der Waals surface area contributed by atoms with Crippen LogP contribution in [0.1, 0.15) is 52.4 Å². The van der Waals surface area contributed by atoms with Gasteiger partial charge in [-0.3, -0.25) is 4.79 Å². The number of hydrogen-bond acceptors (Lipinski definition) is 6. The van der Waals surface area contributed by atoms with Crippen molar-refractivity contribution in [1.29, 1.82) is 0 Å². The topological polar surface area (TPSA) is 96.2 Å². The summed E-state index contributed by atoms with van der Waals surface area (Å²) in [4.78, 5) is 10.5. The second-order valence-electron chi connectivity index (χ2n) is 4.52. The first-order chi connectivity index (χ1) is 9.58. The lowest BCUT2D eigenvalue weighted by Crippen LogP contribution is -2.24. The number of hydrogen-bond donors (Lipinski definition) is 3. The maximum atomic E-state index is 10.5. The normalized spacial score (nSPS) is 28.4. The van der Waals surface area contributed by atoms with Crippen molar-refractivity contribution in [3.63, 3.8) is 0 Å². The first-order valence-corrected chi connectivity index (χ1v) is 7.00. The molecule has 1 unspecified atom stereocenters. The molecule has 0 aliphatic carbocycles. The van der Waals surface area contributed by atoms with Crippen molar-refractivity contribution in [2.75, 3.05) is 14.2 Å². The average Bonchev–Trinajstić information content (AvgIpc) is 2.43. The lowest BCUT2D eigenvalue weighted by molar-refractivity contribution is -0.156. The molecule has 6 heteroatoms. The zero-order valence-corrected chi connectivity index (χ0v) is 13.0. The number of ether oxygens (including phenoxy) is 2. The molecule has 0 saturated carbocycles. The standard InChI is InChI=1S/C6H12O2.C6H10O2.2CH4O/c2*1-5-3-2-4-6(7)8-5;2*1-2/h5-7H,2-4H2,1H3;5H,2-4H2,1H3;2*2H,1H3/t5-,6?;5-;;/m11../s1. The number of cyclic esters (lactones) is 1. The van der Waals surface area contributed by atoms with Crippen LogP contribution < -0.4 is 0 Å². The molecule has 122 valence electrons. The van der Waals surface area contributed by atoms with E-state index in [9.17, 15) is 4.79 Å². The smallest absolute Gasteiger partial charge is 0.306 e. The van der Waals surface area contributed by atoms with Crippen LogP contribution in [0.2, 0.25) is 0 Å². The molecule has 2 aliphatic rings. The lowest BCUT2D eigenvalue weighted by Gasteiger charge is -2.23. The molecule has 0 aromatic rings. The minimum atomic E-state index is -0.487. The summed E-state index contributed by atoms with van der Waals surface area (Å²) in [6, 6.07) is 0. The highest BCUT2D eigenvalue weighted by Gasteiger charge is 2.15. The Bertz CT molecular complexity index is 214. The van der Waals surface area contributed by atoms with Crippen LogP contribution in [-0.4, -0.2) is 54.0 Å². The average molecular weight is 294 g/mol. The van der Waals surface area contributed by atoms with Crippen molar-refractivity contribution < 1.29 is 29.6 Å². The van der Waals surface area contributed by atoms with Gasteiger partial charge in [0.25, 0.3) is 0 Å². The van der Waals surface area contributed by atoms with E-state index < -0.39 is 6.29 Å². The molecule has 2 fully saturated rings. The SMILES string of the molecule is CO.CO.C[C@@H]1CCCC(=O)O1.C[C@@H]1CCCC(O)O1. The summed E-state index contributed by atoms with van der Waals surface area (Å²) in [6.07, 6.45) is 5.59. The van der Waals surface area contributed by atoms with Gasteiger partial charge < -0.3 is 24.8 Å². The van der Waals surface area contributed by atoms with Crippen LogP contribution in [0.15, 0.2) is 0 Å². The fourth-order valence-corrected chi connectivity index (χ4v) is 1.86. The lowest BCUT2D eigenvalue weighted by atomic mass is 10.1. The Balaban J connectivity index is 0. The fourth-order valence-electron chi connectivity index (χ4n) is 1.86. The van der Waals surface area contributed by atoms with E-state index in [1.54, 1.807) is 0 Å². The molecular weight excluding hydrogens is 264 g/mol. The number of carbonyl (C=O) groups is 1. The predicted octanol–water partition coefficient (Wildman–Crippen LogP) is 1.21. The third-order valence-corrected chi connectivity index (χ3v) is 2.78. The number of aliphatic hydroxyl groups excluding tert-OH is 3. The van der Waals surface area contributed by atoms with Crippen molar-refractivity contribution in [1.82, 2.24) is 0 Å². The quantitative estimate of drug-likeness (QED) is 0.581. The van der Waals surface area contributed by atoms with Crippen LogP contribution in [-0.2, 0) is 14.3 Å². The first kappa shape index (κ1) is 21.6. The molecule has 6 nitrogen and oxygen atoms in total. The van der Waals surface area contributed by atoms with Crippen LogP contribution in [0, 0.1) is 0 Å². The summed E-state index contributed by atoms with van der Waals surface area (Å²) in [5.74, 6) is -0.0382. The molecule has 0 radical (unpaired) electrons. The van der Waals surface area contributed by atoms with Crippen LogP contribution in [0.5, 0.6) is 0 Å². The van der Waals surface area contributed by atoms with Crippen LogP contribution in [0.4, 0.5) is 0 Å². The van der Waals surface area contributed by atoms with Gasteiger partial charge >= 0.3 is 5.97 Å². The van der Waals surface area contributed by atoms with Gasteiger partial charge in [-0.1, -0.05) is 0 Å². The van der Waals surface area contributed by atoms with Gasteiger partial charge in [-0.2, -0.15) is 0 Å². The summed E-state index contributed by atoms with van der Waals surface area (Å²) >= 11 is 0. The summed E-state index contributed by atoms with van der Waals surface area (Å²) < 4.78 is 9.89. The van der Waals surface area contributed by atoms with E-state index in [0.717, 1.165) is 46.3 Å². The van der Waals surface area contributed by atoms with Crippen molar-refractivity contribution >= 4 is 5.97 Å². The maximum absolute atomic E-state index is 10.5. The largest absolute Gasteiger partial charge is 0.463 e. The van der Waals surface area contributed by atoms with Gasteiger partial charge in [0.15, 0.2) is 6.29 Å². The van der Waals surface area contributed by atoms with Crippen molar-refractivity contribution in [3.8, 4) is 0 Å². The van der Waals surface area contributed by atoms with Gasteiger partial charge in [-0.25, -0.2) is 0 Å². The third kappa shape index (κ3) is 12.3. The Morgan fingerprint density at radius 2 is 1.50 bits per heavy atom. The molecule has 0 amide bonds. The van der Waals surface area contributed by atoms with Gasteiger partial charge in [-0.15, -0.1) is 0 Å². The van der Waals surface area contributed by atoms with E-state index in [1.165, 1.54) is 0 Å². The molecule has 20 heavy (non-hydrogen) atoms. The third-order valence-electron chi connectivity index (χ3n) is 2.78. The number of rotatable bonds is 0.